The lowest BCUT2D eigenvalue weighted by Crippen LogP contribution is -2.09. The summed E-state index contributed by atoms with van der Waals surface area (Å²) in [5.74, 6) is -2.63. The number of rotatable bonds is 2. The Morgan fingerprint density at radius 2 is 1.67 bits per heavy atom. The molecule has 0 saturated heterocycles. The first kappa shape index (κ1) is 12.2. The molecule has 0 amide bonds. The molecular formula is C14H11F2NO. The molecular weight excluding hydrogens is 236 g/mol. The number of anilines is 1. The van der Waals surface area contributed by atoms with Crippen molar-refractivity contribution in [2.24, 2.45) is 0 Å². The fraction of sp³-hybridized carbons (Fsp3) is 0.0714. The predicted octanol–water partition coefficient (Wildman–Crippen LogP) is 3.09. The molecule has 0 aliphatic heterocycles. The quantitative estimate of drug-likeness (QED) is 0.654. The second-order valence-corrected chi connectivity index (χ2v) is 4.02. The highest BCUT2D eigenvalue weighted by Gasteiger charge is 2.20. The van der Waals surface area contributed by atoms with Gasteiger partial charge in [-0.15, -0.1) is 0 Å². The number of halogens is 2. The Labute approximate surface area is 103 Å². The molecule has 0 aliphatic carbocycles. The standard InChI is InChI=1S/C14H11F2NO/c1-8-2-4-9(5-3-8)14(18)12-10(15)6-7-11(17)13(12)16/h2-7H,17H2,1H3. The molecule has 2 rings (SSSR count). The van der Waals surface area contributed by atoms with Crippen LogP contribution in [0.1, 0.15) is 21.5 Å². The van der Waals surface area contributed by atoms with Crippen molar-refractivity contribution in [1.29, 1.82) is 0 Å². The Bertz CT molecular complexity index is 606. The lowest BCUT2D eigenvalue weighted by Gasteiger charge is -2.06. The summed E-state index contributed by atoms with van der Waals surface area (Å²) in [6, 6.07) is 8.54. The molecule has 0 aromatic heterocycles. The molecule has 0 spiro atoms. The summed E-state index contributed by atoms with van der Waals surface area (Å²) in [5, 5.41) is 0. The maximum atomic E-state index is 13.7. The summed E-state index contributed by atoms with van der Waals surface area (Å²) < 4.78 is 27.2. The second-order valence-electron chi connectivity index (χ2n) is 4.02. The molecule has 4 heteroatoms. The van der Waals surface area contributed by atoms with Gasteiger partial charge in [-0.3, -0.25) is 4.79 Å². The van der Waals surface area contributed by atoms with E-state index in [2.05, 4.69) is 0 Å². The third-order valence-electron chi connectivity index (χ3n) is 2.66. The van der Waals surface area contributed by atoms with Crippen molar-refractivity contribution in [3.8, 4) is 0 Å². The zero-order valence-electron chi connectivity index (χ0n) is 9.71. The Balaban J connectivity index is 2.52. The molecule has 2 aromatic rings. The van der Waals surface area contributed by atoms with Crippen LogP contribution in [0.4, 0.5) is 14.5 Å². The van der Waals surface area contributed by atoms with E-state index >= 15 is 0 Å². The highest BCUT2D eigenvalue weighted by Crippen LogP contribution is 2.21. The highest BCUT2D eigenvalue weighted by atomic mass is 19.1. The molecule has 0 atom stereocenters. The van der Waals surface area contributed by atoms with Crippen molar-refractivity contribution in [2.75, 3.05) is 5.73 Å². The number of ketones is 1. The maximum absolute atomic E-state index is 13.7. The molecule has 0 aliphatic rings. The lowest BCUT2D eigenvalue weighted by atomic mass is 10.0. The maximum Gasteiger partial charge on any atom is 0.199 e. The average Bonchev–Trinajstić information content (AvgIpc) is 2.35. The highest BCUT2D eigenvalue weighted by molar-refractivity contribution is 6.09. The zero-order chi connectivity index (χ0) is 13.3. The minimum absolute atomic E-state index is 0.226. The van der Waals surface area contributed by atoms with E-state index in [1.807, 2.05) is 6.92 Å². The fourth-order valence-electron chi connectivity index (χ4n) is 1.63. The fourth-order valence-corrected chi connectivity index (χ4v) is 1.63. The van der Waals surface area contributed by atoms with Gasteiger partial charge in [0.25, 0.3) is 0 Å². The van der Waals surface area contributed by atoms with Gasteiger partial charge in [-0.2, -0.15) is 0 Å². The number of hydrogen-bond acceptors (Lipinski definition) is 2. The van der Waals surface area contributed by atoms with Gasteiger partial charge in [-0.05, 0) is 19.1 Å². The smallest absolute Gasteiger partial charge is 0.199 e. The molecule has 92 valence electrons. The third kappa shape index (κ3) is 2.09. The number of nitrogens with two attached hydrogens (primary N) is 1. The Morgan fingerprint density at radius 1 is 1.06 bits per heavy atom. The largest absolute Gasteiger partial charge is 0.396 e. The normalized spacial score (nSPS) is 10.4. The SMILES string of the molecule is Cc1ccc(C(=O)c2c(F)ccc(N)c2F)cc1. The van der Waals surface area contributed by atoms with Gasteiger partial charge in [0, 0.05) is 5.56 Å². The van der Waals surface area contributed by atoms with E-state index in [0.29, 0.717) is 0 Å². The summed E-state index contributed by atoms with van der Waals surface area (Å²) in [4.78, 5) is 12.0. The summed E-state index contributed by atoms with van der Waals surface area (Å²) >= 11 is 0. The van der Waals surface area contributed by atoms with Gasteiger partial charge < -0.3 is 5.73 Å². The third-order valence-corrected chi connectivity index (χ3v) is 2.66. The summed E-state index contributed by atoms with van der Waals surface area (Å²) in [6.07, 6.45) is 0. The summed E-state index contributed by atoms with van der Waals surface area (Å²) in [6.45, 7) is 1.86. The van der Waals surface area contributed by atoms with E-state index in [1.165, 1.54) is 12.1 Å². The van der Waals surface area contributed by atoms with Crippen molar-refractivity contribution in [1.82, 2.24) is 0 Å². The van der Waals surface area contributed by atoms with Crippen LogP contribution in [0.3, 0.4) is 0 Å². The number of carbonyl (C=O) groups excluding carboxylic acids is 1. The van der Waals surface area contributed by atoms with Crippen LogP contribution in [0.5, 0.6) is 0 Å². The summed E-state index contributed by atoms with van der Waals surface area (Å²) in [5.41, 5.74) is 5.66. The molecule has 2 nitrogen and oxygen atoms in total. The molecule has 0 unspecified atom stereocenters. The molecule has 0 fully saturated rings. The average molecular weight is 247 g/mol. The molecule has 2 aromatic carbocycles. The van der Waals surface area contributed by atoms with Gasteiger partial charge in [0.1, 0.15) is 5.82 Å². The minimum Gasteiger partial charge on any atom is -0.396 e. The minimum atomic E-state index is -1.01. The Kier molecular flexibility index (Phi) is 3.10. The zero-order valence-corrected chi connectivity index (χ0v) is 9.71. The van der Waals surface area contributed by atoms with Crippen LogP contribution < -0.4 is 5.73 Å². The summed E-state index contributed by atoms with van der Waals surface area (Å²) in [7, 11) is 0. The lowest BCUT2D eigenvalue weighted by molar-refractivity contribution is 0.103. The van der Waals surface area contributed by atoms with Crippen LogP contribution in [-0.4, -0.2) is 5.78 Å². The van der Waals surface area contributed by atoms with E-state index in [0.717, 1.165) is 17.7 Å². The van der Waals surface area contributed by atoms with Gasteiger partial charge in [-0.1, -0.05) is 29.8 Å². The monoisotopic (exact) mass is 247 g/mol. The Hall–Kier alpha value is -2.23. The van der Waals surface area contributed by atoms with E-state index in [-0.39, 0.29) is 11.3 Å². The van der Waals surface area contributed by atoms with E-state index in [9.17, 15) is 13.6 Å². The number of hydrogen-bond donors (Lipinski definition) is 1. The topological polar surface area (TPSA) is 43.1 Å². The van der Waals surface area contributed by atoms with E-state index < -0.39 is 23.0 Å². The molecule has 0 saturated carbocycles. The first-order chi connectivity index (χ1) is 8.50. The van der Waals surface area contributed by atoms with Crippen molar-refractivity contribution in [3.05, 3.63) is 64.7 Å². The van der Waals surface area contributed by atoms with Crippen LogP contribution in [0.15, 0.2) is 36.4 Å². The number of nitrogen functional groups attached to an aromatic ring is 1. The van der Waals surface area contributed by atoms with Crippen molar-refractivity contribution >= 4 is 11.5 Å². The van der Waals surface area contributed by atoms with Gasteiger partial charge >= 0.3 is 0 Å². The van der Waals surface area contributed by atoms with Crippen molar-refractivity contribution < 1.29 is 13.6 Å². The van der Waals surface area contributed by atoms with Crippen molar-refractivity contribution in [2.45, 2.75) is 6.92 Å². The van der Waals surface area contributed by atoms with Crippen LogP contribution in [-0.2, 0) is 0 Å². The van der Waals surface area contributed by atoms with Gasteiger partial charge in [0.15, 0.2) is 11.6 Å². The van der Waals surface area contributed by atoms with Crippen molar-refractivity contribution in [3.63, 3.8) is 0 Å². The van der Waals surface area contributed by atoms with E-state index in [4.69, 9.17) is 5.73 Å². The first-order valence-electron chi connectivity index (χ1n) is 5.35. The van der Waals surface area contributed by atoms with E-state index in [1.54, 1.807) is 12.1 Å². The number of carbonyl (C=O) groups is 1. The van der Waals surface area contributed by atoms with Crippen LogP contribution in [0, 0.1) is 18.6 Å². The van der Waals surface area contributed by atoms with Crippen LogP contribution in [0.25, 0.3) is 0 Å². The van der Waals surface area contributed by atoms with Crippen LogP contribution >= 0.6 is 0 Å². The van der Waals surface area contributed by atoms with Crippen LogP contribution in [0.2, 0.25) is 0 Å². The predicted molar refractivity (Wildman–Crippen MR) is 65.4 cm³/mol. The first-order valence-corrected chi connectivity index (χ1v) is 5.35. The molecule has 0 heterocycles. The second kappa shape index (κ2) is 4.56. The molecule has 18 heavy (non-hydrogen) atoms. The molecule has 0 radical (unpaired) electrons. The molecule has 2 N–H and O–H groups in total. The Morgan fingerprint density at radius 3 is 2.28 bits per heavy atom. The number of aryl methyl sites for hydroxylation is 1. The van der Waals surface area contributed by atoms with Gasteiger partial charge in [-0.25, -0.2) is 8.78 Å². The number of benzene rings is 2. The van der Waals surface area contributed by atoms with Gasteiger partial charge in [0.05, 0.1) is 11.3 Å². The van der Waals surface area contributed by atoms with Gasteiger partial charge in [0.2, 0.25) is 0 Å². The molecule has 0 bridgehead atoms.